The summed E-state index contributed by atoms with van der Waals surface area (Å²) in [4.78, 5) is 0. The Kier molecular flexibility index (Phi) is 3.67. The fourth-order valence-corrected chi connectivity index (χ4v) is 2.66. The minimum absolute atomic E-state index is 0.343. The van der Waals surface area contributed by atoms with E-state index in [4.69, 9.17) is 11.6 Å². The summed E-state index contributed by atoms with van der Waals surface area (Å²) in [5.74, 6) is 0. The molecular formula is C11H13BrClNO. The van der Waals surface area contributed by atoms with Crippen LogP contribution in [0.3, 0.4) is 0 Å². The van der Waals surface area contributed by atoms with Crippen molar-refractivity contribution in [3.8, 4) is 0 Å². The Balaban J connectivity index is 2.04. The lowest BCUT2D eigenvalue weighted by atomic mass is 10.0. The Hall–Kier alpha value is -0.0900. The highest BCUT2D eigenvalue weighted by molar-refractivity contribution is 9.10. The molecule has 15 heavy (non-hydrogen) atoms. The smallest absolute Gasteiger partial charge is 0.105 e. The van der Waals surface area contributed by atoms with Gasteiger partial charge in [0.15, 0.2) is 0 Å². The zero-order valence-electron chi connectivity index (χ0n) is 8.21. The monoisotopic (exact) mass is 289 g/mol. The molecule has 2 N–H and O–H groups in total. The van der Waals surface area contributed by atoms with E-state index in [0.29, 0.717) is 6.04 Å². The Morgan fingerprint density at radius 1 is 1.47 bits per heavy atom. The van der Waals surface area contributed by atoms with Gasteiger partial charge >= 0.3 is 0 Å². The third-order valence-corrected chi connectivity index (χ3v) is 3.54. The van der Waals surface area contributed by atoms with Crippen molar-refractivity contribution in [3.63, 3.8) is 0 Å². The molecule has 0 amide bonds. The molecule has 1 unspecified atom stereocenters. The second kappa shape index (κ2) is 4.83. The van der Waals surface area contributed by atoms with E-state index in [1.165, 1.54) is 0 Å². The third kappa shape index (κ3) is 2.94. The van der Waals surface area contributed by atoms with Crippen molar-refractivity contribution >= 4 is 27.5 Å². The number of hydrogen-bond acceptors (Lipinski definition) is 2. The first-order chi connectivity index (χ1) is 7.15. The summed E-state index contributed by atoms with van der Waals surface area (Å²) >= 11 is 9.50. The lowest BCUT2D eigenvalue weighted by molar-refractivity contribution is 0.154. The average Bonchev–Trinajstić information content (AvgIpc) is 2.56. The summed E-state index contributed by atoms with van der Waals surface area (Å²) in [6, 6.07) is 6.27. The van der Waals surface area contributed by atoms with Crippen molar-refractivity contribution in [2.45, 2.75) is 31.5 Å². The van der Waals surface area contributed by atoms with Crippen LogP contribution >= 0.6 is 27.5 Å². The largest absolute Gasteiger partial charge is 0.379 e. The molecule has 1 aromatic rings. The fourth-order valence-electron chi connectivity index (χ4n) is 1.91. The van der Waals surface area contributed by atoms with Gasteiger partial charge in [0, 0.05) is 15.5 Å². The molecular weight excluding hydrogens is 277 g/mol. The minimum Gasteiger partial charge on any atom is -0.379 e. The summed E-state index contributed by atoms with van der Waals surface area (Å²) < 4.78 is 0.996. The Morgan fingerprint density at radius 3 is 2.87 bits per heavy atom. The molecule has 1 aliphatic heterocycles. The summed E-state index contributed by atoms with van der Waals surface area (Å²) in [7, 11) is 0. The normalized spacial score (nSPS) is 25.8. The SMILES string of the molecule is OC1CC[C@@H](Cc2ccc(Br)cc2Cl)N1. The van der Waals surface area contributed by atoms with Crippen molar-refractivity contribution in [2.24, 2.45) is 0 Å². The summed E-state index contributed by atoms with van der Waals surface area (Å²) in [6.07, 6.45) is 2.37. The Bertz CT molecular complexity index is 358. The standard InChI is InChI=1S/C11H13BrClNO/c12-8-2-1-7(10(13)6-8)5-9-3-4-11(15)14-9/h1-2,6,9,11,14-15H,3-5H2/t9-,11?/m0/s1. The molecule has 0 spiro atoms. The van der Waals surface area contributed by atoms with E-state index in [1.807, 2.05) is 18.2 Å². The van der Waals surface area contributed by atoms with Crippen LogP contribution in [0.25, 0.3) is 0 Å². The molecule has 2 atom stereocenters. The van der Waals surface area contributed by atoms with Crippen LogP contribution in [0.5, 0.6) is 0 Å². The van der Waals surface area contributed by atoms with E-state index in [0.717, 1.165) is 34.3 Å². The zero-order chi connectivity index (χ0) is 10.8. The van der Waals surface area contributed by atoms with Gasteiger partial charge in [0.25, 0.3) is 0 Å². The number of nitrogens with one attached hydrogen (secondary N) is 1. The lowest BCUT2D eigenvalue weighted by Gasteiger charge is -2.12. The molecule has 0 aromatic heterocycles. The van der Waals surface area contributed by atoms with Crippen LogP contribution in [-0.4, -0.2) is 17.4 Å². The van der Waals surface area contributed by atoms with Gasteiger partial charge in [0.05, 0.1) is 0 Å². The topological polar surface area (TPSA) is 32.3 Å². The molecule has 1 aliphatic rings. The van der Waals surface area contributed by atoms with E-state index < -0.39 is 0 Å². The van der Waals surface area contributed by atoms with Crippen molar-refractivity contribution in [1.29, 1.82) is 0 Å². The van der Waals surface area contributed by atoms with Crippen molar-refractivity contribution in [3.05, 3.63) is 33.3 Å². The average molecular weight is 291 g/mol. The maximum Gasteiger partial charge on any atom is 0.105 e. The van der Waals surface area contributed by atoms with Gasteiger partial charge in [0.1, 0.15) is 6.23 Å². The van der Waals surface area contributed by atoms with Gasteiger partial charge in [-0.3, -0.25) is 5.32 Å². The van der Waals surface area contributed by atoms with Crippen LogP contribution in [0.1, 0.15) is 18.4 Å². The first-order valence-electron chi connectivity index (χ1n) is 5.03. The zero-order valence-corrected chi connectivity index (χ0v) is 10.6. The maximum atomic E-state index is 9.34. The minimum atomic E-state index is -0.343. The van der Waals surface area contributed by atoms with E-state index in [2.05, 4.69) is 21.2 Å². The highest BCUT2D eigenvalue weighted by Crippen LogP contribution is 2.24. The molecule has 1 saturated heterocycles. The second-order valence-corrected chi connectivity index (χ2v) is 5.22. The van der Waals surface area contributed by atoms with Gasteiger partial charge in [0.2, 0.25) is 0 Å². The van der Waals surface area contributed by atoms with Crippen LogP contribution < -0.4 is 5.32 Å². The van der Waals surface area contributed by atoms with Crippen molar-refractivity contribution in [2.75, 3.05) is 0 Å². The fraction of sp³-hybridized carbons (Fsp3) is 0.455. The number of benzene rings is 1. The van der Waals surface area contributed by atoms with Gasteiger partial charge in [-0.25, -0.2) is 0 Å². The highest BCUT2D eigenvalue weighted by atomic mass is 79.9. The molecule has 2 rings (SSSR count). The first-order valence-corrected chi connectivity index (χ1v) is 6.20. The first kappa shape index (κ1) is 11.4. The van der Waals surface area contributed by atoms with Gasteiger partial charge in [-0.2, -0.15) is 0 Å². The molecule has 0 radical (unpaired) electrons. The molecule has 1 fully saturated rings. The predicted octanol–water partition coefficient (Wildman–Crippen LogP) is 2.72. The number of aliphatic hydroxyl groups is 1. The van der Waals surface area contributed by atoms with E-state index in [-0.39, 0.29) is 6.23 Å². The van der Waals surface area contributed by atoms with E-state index >= 15 is 0 Å². The quantitative estimate of drug-likeness (QED) is 0.878. The lowest BCUT2D eigenvalue weighted by Crippen LogP contribution is -2.30. The van der Waals surface area contributed by atoms with Crippen LogP contribution in [0, 0.1) is 0 Å². The molecule has 0 bridgehead atoms. The number of aliphatic hydroxyl groups excluding tert-OH is 1. The van der Waals surface area contributed by atoms with Crippen molar-refractivity contribution in [1.82, 2.24) is 5.32 Å². The number of halogens is 2. The Morgan fingerprint density at radius 2 is 2.27 bits per heavy atom. The van der Waals surface area contributed by atoms with Gasteiger partial charge in [-0.05, 0) is 37.0 Å². The van der Waals surface area contributed by atoms with Crippen molar-refractivity contribution < 1.29 is 5.11 Å². The molecule has 0 saturated carbocycles. The molecule has 82 valence electrons. The highest BCUT2D eigenvalue weighted by Gasteiger charge is 2.22. The van der Waals surface area contributed by atoms with E-state index in [1.54, 1.807) is 0 Å². The molecule has 2 nitrogen and oxygen atoms in total. The van der Waals surface area contributed by atoms with E-state index in [9.17, 15) is 5.11 Å². The number of hydrogen-bond donors (Lipinski definition) is 2. The third-order valence-electron chi connectivity index (χ3n) is 2.70. The van der Waals surface area contributed by atoms with Crippen LogP contribution in [0.4, 0.5) is 0 Å². The molecule has 4 heteroatoms. The molecule has 0 aliphatic carbocycles. The van der Waals surface area contributed by atoms with Crippen LogP contribution in [0.15, 0.2) is 22.7 Å². The van der Waals surface area contributed by atoms with Gasteiger partial charge in [-0.1, -0.05) is 33.6 Å². The molecule has 1 aromatic carbocycles. The summed E-state index contributed by atoms with van der Waals surface area (Å²) in [5.41, 5.74) is 1.13. The molecule has 1 heterocycles. The van der Waals surface area contributed by atoms with Gasteiger partial charge < -0.3 is 5.11 Å². The van der Waals surface area contributed by atoms with Gasteiger partial charge in [-0.15, -0.1) is 0 Å². The predicted molar refractivity (Wildman–Crippen MR) is 65.0 cm³/mol. The maximum absolute atomic E-state index is 9.34. The summed E-state index contributed by atoms with van der Waals surface area (Å²) in [6.45, 7) is 0. The second-order valence-electron chi connectivity index (χ2n) is 3.90. The summed E-state index contributed by atoms with van der Waals surface area (Å²) in [5, 5.41) is 13.3. The number of rotatable bonds is 2. The van der Waals surface area contributed by atoms with Crippen LogP contribution in [0.2, 0.25) is 5.02 Å². The Labute approximate surface area is 103 Å². The van der Waals surface area contributed by atoms with Crippen LogP contribution in [-0.2, 0) is 6.42 Å².